The summed E-state index contributed by atoms with van der Waals surface area (Å²) in [7, 11) is 0. The third-order valence-electron chi connectivity index (χ3n) is 10.5. The average Bonchev–Trinajstić information content (AvgIpc) is 3.26. The molecular formula is C52H34N2. The van der Waals surface area contributed by atoms with Crippen molar-refractivity contribution < 1.29 is 0 Å². The Kier molecular flexibility index (Phi) is 7.85. The van der Waals surface area contributed by atoms with E-state index in [1.54, 1.807) is 0 Å². The van der Waals surface area contributed by atoms with Crippen LogP contribution in [0.1, 0.15) is 0 Å². The van der Waals surface area contributed by atoms with Crippen molar-refractivity contribution in [2.75, 3.05) is 0 Å². The van der Waals surface area contributed by atoms with E-state index in [2.05, 4.69) is 206 Å². The molecule has 0 unspecified atom stereocenters. The summed E-state index contributed by atoms with van der Waals surface area (Å²) < 4.78 is 0. The van der Waals surface area contributed by atoms with E-state index in [4.69, 9.17) is 9.97 Å². The Morgan fingerprint density at radius 2 is 0.556 bits per heavy atom. The van der Waals surface area contributed by atoms with E-state index in [1.807, 2.05) is 0 Å². The van der Waals surface area contributed by atoms with E-state index in [9.17, 15) is 0 Å². The van der Waals surface area contributed by atoms with Gasteiger partial charge in [0.15, 0.2) is 0 Å². The lowest BCUT2D eigenvalue weighted by Gasteiger charge is -2.19. The van der Waals surface area contributed by atoms with Crippen molar-refractivity contribution >= 4 is 32.6 Å². The summed E-state index contributed by atoms with van der Waals surface area (Å²) in [5.41, 5.74) is 14.5. The number of hydrogen-bond acceptors (Lipinski definition) is 2. The van der Waals surface area contributed by atoms with Crippen LogP contribution in [0.4, 0.5) is 0 Å². The molecule has 0 aliphatic rings. The van der Waals surface area contributed by atoms with Crippen molar-refractivity contribution in [1.82, 2.24) is 9.97 Å². The van der Waals surface area contributed by atoms with Crippen LogP contribution in [0.5, 0.6) is 0 Å². The normalized spacial score (nSPS) is 11.3. The molecule has 10 aromatic rings. The van der Waals surface area contributed by atoms with E-state index >= 15 is 0 Å². The van der Waals surface area contributed by atoms with Crippen LogP contribution in [0.2, 0.25) is 0 Å². The Labute approximate surface area is 314 Å². The molecule has 0 N–H and O–H groups in total. The van der Waals surface area contributed by atoms with Crippen molar-refractivity contribution in [3.05, 3.63) is 206 Å². The Balaban J connectivity index is 1.36. The predicted octanol–water partition coefficient (Wildman–Crippen LogP) is 13.9. The molecule has 0 spiro atoms. The van der Waals surface area contributed by atoms with Crippen molar-refractivity contribution in [3.8, 4) is 67.0 Å². The summed E-state index contributed by atoms with van der Waals surface area (Å²) >= 11 is 0. The maximum absolute atomic E-state index is 5.82. The largest absolute Gasteiger partial charge is 0.243 e. The van der Waals surface area contributed by atoms with Gasteiger partial charge in [-0.15, -0.1) is 0 Å². The minimum atomic E-state index is 0.864. The summed E-state index contributed by atoms with van der Waals surface area (Å²) in [6.07, 6.45) is 0. The van der Waals surface area contributed by atoms with Crippen LogP contribution in [0.3, 0.4) is 0 Å². The average molecular weight is 687 g/mol. The number of nitrogens with zero attached hydrogens (tertiary/aromatic N) is 2. The molecule has 0 amide bonds. The number of fused-ring (bicyclic) bond motifs is 3. The quantitative estimate of drug-likeness (QED) is 0.174. The van der Waals surface area contributed by atoms with Gasteiger partial charge in [0, 0.05) is 22.3 Å². The topological polar surface area (TPSA) is 25.8 Å². The third-order valence-corrected chi connectivity index (χ3v) is 10.5. The Morgan fingerprint density at radius 1 is 0.222 bits per heavy atom. The molecule has 2 heteroatoms. The lowest BCUT2D eigenvalue weighted by atomic mass is 9.89. The minimum Gasteiger partial charge on any atom is -0.243 e. The summed E-state index contributed by atoms with van der Waals surface area (Å²) in [6.45, 7) is 0. The van der Waals surface area contributed by atoms with Crippen molar-refractivity contribution in [1.29, 1.82) is 0 Å². The molecule has 0 bridgehead atoms. The zero-order valence-corrected chi connectivity index (χ0v) is 29.5. The van der Waals surface area contributed by atoms with E-state index in [0.717, 1.165) is 88.8 Å². The molecule has 1 heterocycles. The Morgan fingerprint density at radius 3 is 1.00 bits per heavy atom. The minimum absolute atomic E-state index is 0.864. The first-order valence-electron chi connectivity index (χ1n) is 18.4. The van der Waals surface area contributed by atoms with Gasteiger partial charge in [0.1, 0.15) is 0 Å². The van der Waals surface area contributed by atoms with Gasteiger partial charge in [-0.3, -0.25) is 0 Å². The molecule has 0 aliphatic carbocycles. The van der Waals surface area contributed by atoms with Gasteiger partial charge in [-0.2, -0.15) is 0 Å². The van der Waals surface area contributed by atoms with Crippen LogP contribution in [-0.4, -0.2) is 9.97 Å². The second-order valence-electron chi connectivity index (χ2n) is 13.7. The second kappa shape index (κ2) is 13.4. The first-order chi connectivity index (χ1) is 26.8. The molecule has 54 heavy (non-hydrogen) atoms. The SMILES string of the molecule is c1ccc(-c2ccccc2-c2ccc(-c3ccccc3-c3ccccc3)c3nc(-c4cccc5ccccc45)c(-c4cccc5ccccc45)nc23)cc1. The summed E-state index contributed by atoms with van der Waals surface area (Å²) in [4.78, 5) is 11.6. The zero-order chi connectivity index (χ0) is 35.8. The smallest absolute Gasteiger partial charge is 0.0979 e. The van der Waals surface area contributed by atoms with Crippen molar-refractivity contribution in [2.24, 2.45) is 0 Å². The van der Waals surface area contributed by atoms with E-state index in [-0.39, 0.29) is 0 Å². The summed E-state index contributed by atoms with van der Waals surface area (Å²) in [5.74, 6) is 0. The third kappa shape index (κ3) is 5.44. The molecule has 0 saturated heterocycles. The number of rotatable bonds is 6. The zero-order valence-electron chi connectivity index (χ0n) is 29.5. The highest BCUT2D eigenvalue weighted by Gasteiger charge is 2.23. The Hall–Kier alpha value is -7.16. The number of benzene rings is 9. The summed E-state index contributed by atoms with van der Waals surface area (Å²) in [5, 5.41) is 4.63. The van der Waals surface area contributed by atoms with Gasteiger partial charge in [0.25, 0.3) is 0 Å². The molecular weight excluding hydrogens is 653 g/mol. The van der Waals surface area contributed by atoms with Crippen LogP contribution < -0.4 is 0 Å². The lowest BCUT2D eigenvalue weighted by molar-refractivity contribution is 1.30. The highest BCUT2D eigenvalue weighted by atomic mass is 14.8. The molecule has 10 rings (SSSR count). The highest BCUT2D eigenvalue weighted by molar-refractivity contribution is 6.10. The Bertz CT molecular complexity index is 2770. The fourth-order valence-corrected chi connectivity index (χ4v) is 7.98. The van der Waals surface area contributed by atoms with Gasteiger partial charge >= 0.3 is 0 Å². The number of hydrogen-bond donors (Lipinski definition) is 0. The molecule has 9 aromatic carbocycles. The van der Waals surface area contributed by atoms with Crippen LogP contribution in [-0.2, 0) is 0 Å². The van der Waals surface area contributed by atoms with Crippen molar-refractivity contribution in [2.45, 2.75) is 0 Å². The van der Waals surface area contributed by atoms with Gasteiger partial charge < -0.3 is 0 Å². The first kappa shape index (κ1) is 31.6. The molecule has 2 nitrogen and oxygen atoms in total. The monoisotopic (exact) mass is 686 g/mol. The highest BCUT2D eigenvalue weighted by Crippen LogP contribution is 2.44. The number of aromatic nitrogens is 2. The van der Waals surface area contributed by atoms with Crippen LogP contribution >= 0.6 is 0 Å². The summed E-state index contributed by atoms with van der Waals surface area (Å²) in [6, 6.07) is 73.2. The first-order valence-corrected chi connectivity index (χ1v) is 18.4. The fourth-order valence-electron chi connectivity index (χ4n) is 7.98. The van der Waals surface area contributed by atoms with Gasteiger partial charge in [0.05, 0.1) is 22.4 Å². The van der Waals surface area contributed by atoms with Gasteiger partial charge in [0.2, 0.25) is 0 Å². The molecule has 0 fully saturated rings. The van der Waals surface area contributed by atoms with Crippen molar-refractivity contribution in [3.63, 3.8) is 0 Å². The van der Waals surface area contributed by atoms with E-state index in [0.29, 0.717) is 0 Å². The fraction of sp³-hybridized carbons (Fsp3) is 0. The molecule has 252 valence electrons. The van der Waals surface area contributed by atoms with E-state index < -0.39 is 0 Å². The van der Waals surface area contributed by atoms with Crippen LogP contribution in [0.15, 0.2) is 206 Å². The van der Waals surface area contributed by atoms with E-state index in [1.165, 1.54) is 10.8 Å². The molecule has 1 aromatic heterocycles. The standard InChI is InChI=1S/C52H34N2/c1-3-17-35(18-4-1)39-25-11-13-29-43(39)47-33-34-48(44-30-14-12-26-40(44)36-19-5-2-6-20-36)52-51(47)53-49(45-31-15-23-37-21-7-9-27-41(37)45)50(54-52)46-32-16-24-38-22-8-10-28-42(38)46/h1-34H. The molecule has 0 atom stereocenters. The van der Waals surface area contributed by atoms with Crippen LogP contribution in [0.25, 0.3) is 99.6 Å². The molecule has 0 aliphatic heterocycles. The second-order valence-corrected chi connectivity index (χ2v) is 13.7. The van der Waals surface area contributed by atoms with Gasteiger partial charge in [-0.1, -0.05) is 206 Å². The van der Waals surface area contributed by atoms with Crippen LogP contribution in [0, 0.1) is 0 Å². The van der Waals surface area contributed by atoms with Gasteiger partial charge in [-0.25, -0.2) is 9.97 Å². The lowest BCUT2D eigenvalue weighted by Crippen LogP contribution is -2.00. The molecule has 0 radical (unpaired) electrons. The maximum atomic E-state index is 5.82. The maximum Gasteiger partial charge on any atom is 0.0979 e. The predicted molar refractivity (Wildman–Crippen MR) is 227 cm³/mol. The molecule has 0 saturated carbocycles. The van der Waals surface area contributed by atoms with Gasteiger partial charge in [-0.05, 0) is 54.9 Å².